The van der Waals surface area contributed by atoms with Gasteiger partial charge in [0.25, 0.3) is 0 Å². The second-order valence-electron chi connectivity index (χ2n) is 3.73. The molecular weight excluding hydrogens is 202 g/mol. The van der Waals surface area contributed by atoms with E-state index in [1.54, 1.807) is 11.8 Å². The van der Waals surface area contributed by atoms with E-state index in [9.17, 15) is 4.79 Å². The number of hydrogen-bond donors (Lipinski definition) is 3. The largest absolute Gasteiger partial charge is 0.394 e. The summed E-state index contributed by atoms with van der Waals surface area (Å²) in [4.78, 5) is 11.7. The first-order valence-electron chi connectivity index (χ1n) is 4.79. The number of carbonyl (C=O) groups is 1. The number of amides is 1. The average Bonchev–Trinajstić information content (AvgIpc) is 2.62. The van der Waals surface area contributed by atoms with Gasteiger partial charge in [-0.3, -0.25) is 4.79 Å². The minimum absolute atomic E-state index is 0.0347. The Bertz CT molecular complexity index is 204. The fraction of sp³-hybridized carbons (Fsp3) is 0.889. The van der Waals surface area contributed by atoms with Crippen LogP contribution >= 0.6 is 11.8 Å². The Morgan fingerprint density at radius 1 is 1.71 bits per heavy atom. The molecule has 0 aromatic heterocycles. The van der Waals surface area contributed by atoms with E-state index < -0.39 is 6.10 Å². The van der Waals surface area contributed by atoms with Crippen molar-refractivity contribution in [1.29, 1.82) is 0 Å². The molecule has 4 nitrogen and oxygen atoms in total. The first-order chi connectivity index (χ1) is 6.58. The van der Waals surface area contributed by atoms with E-state index in [2.05, 4.69) is 5.32 Å². The number of aliphatic hydroxyl groups is 2. The average molecular weight is 219 g/mol. The Morgan fingerprint density at radius 3 is 2.93 bits per heavy atom. The van der Waals surface area contributed by atoms with Crippen LogP contribution in [0.4, 0.5) is 0 Å². The molecule has 14 heavy (non-hydrogen) atoms. The van der Waals surface area contributed by atoms with E-state index in [1.165, 1.54) is 0 Å². The topological polar surface area (TPSA) is 69.6 Å². The van der Waals surface area contributed by atoms with Gasteiger partial charge >= 0.3 is 0 Å². The lowest BCUT2D eigenvalue weighted by molar-refractivity contribution is -0.123. The zero-order valence-electron chi connectivity index (χ0n) is 8.32. The summed E-state index contributed by atoms with van der Waals surface area (Å²) in [6.07, 6.45) is 1.10. The van der Waals surface area contributed by atoms with E-state index >= 15 is 0 Å². The summed E-state index contributed by atoms with van der Waals surface area (Å²) >= 11 is 1.66. The quantitative estimate of drug-likeness (QED) is 0.609. The fourth-order valence-corrected chi connectivity index (χ4v) is 2.65. The third-order valence-corrected chi connectivity index (χ3v) is 3.93. The summed E-state index contributed by atoms with van der Waals surface area (Å²) in [6, 6.07) is 0. The number of rotatable bonds is 4. The maximum atomic E-state index is 11.7. The molecule has 1 aliphatic heterocycles. The van der Waals surface area contributed by atoms with Crippen molar-refractivity contribution in [1.82, 2.24) is 5.32 Å². The van der Waals surface area contributed by atoms with Gasteiger partial charge in [-0.15, -0.1) is 11.8 Å². The van der Waals surface area contributed by atoms with Gasteiger partial charge in [-0.1, -0.05) is 0 Å². The van der Waals surface area contributed by atoms with Crippen molar-refractivity contribution in [3.8, 4) is 0 Å². The second-order valence-corrected chi connectivity index (χ2v) is 5.33. The highest BCUT2D eigenvalue weighted by Gasteiger charge is 2.36. The molecule has 1 aliphatic rings. The van der Waals surface area contributed by atoms with Gasteiger partial charge in [-0.25, -0.2) is 0 Å². The van der Waals surface area contributed by atoms with Crippen molar-refractivity contribution in [3.63, 3.8) is 0 Å². The molecule has 0 bridgehead atoms. The van der Waals surface area contributed by atoms with E-state index in [1.807, 2.05) is 6.92 Å². The molecule has 0 saturated carbocycles. The summed E-state index contributed by atoms with van der Waals surface area (Å²) in [5.74, 6) is 0.986. The molecule has 0 aromatic rings. The van der Waals surface area contributed by atoms with Gasteiger partial charge in [0, 0.05) is 6.54 Å². The van der Waals surface area contributed by atoms with Crippen molar-refractivity contribution in [2.24, 2.45) is 0 Å². The lowest BCUT2D eigenvalue weighted by atomic mass is 10.0. The summed E-state index contributed by atoms with van der Waals surface area (Å²) in [6.45, 7) is 1.74. The maximum Gasteiger partial charge on any atom is 0.236 e. The maximum absolute atomic E-state index is 11.7. The summed E-state index contributed by atoms with van der Waals surface area (Å²) in [5, 5.41) is 20.3. The first kappa shape index (κ1) is 11.8. The van der Waals surface area contributed by atoms with Gasteiger partial charge in [-0.05, 0) is 25.5 Å². The van der Waals surface area contributed by atoms with Crippen molar-refractivity contribution in [2.45, 2.75) is 30.6 Å². The van der Waals surface area contributed by atoms with Crippen LogP contribution in [0, 0.1) is 0 Å². The summed E-state index contributed by atoms with van der Waals surface area (Å²) in [5.41, 5.74) is 0. The van der Waals surface area contributed by atoms with Crippen molar-refractivity contribution < 1.29 is 15.0 Å². The molecule has 0 spiro atoms. The highest BCUT2D eigenvalue weighted by Crippen LogP contribution is 2.37. The number of nitrogens with one attached hydrogen (secondary N) is 1. The van der Waals surface area contributed by atoms with Crippen LogP contribution in [0.5, 0.6) is 0 Å². The molecule has 1 rings (SSSR count). The third-order valence-electron chi connectivity index (χ3n) is 2.41. The first-order valence-corrected chi connectivity index (χ1v) is 5.78. The molecule has 0 aliphatic carbocycles. The molecule has 5 heteroatoms. The van der Waals surface area contributed by atoms with Gasteiger partial charge in [-0.2, -0.15) is 0 Å². The second kappa shape index (κ2) is 5.00. The van der Waals surface area contributed by atoms with Gasteiger partial charge in [0.15, 0.2) is 0 Å². The Labute approximate surface area is 88.1 Å². The summed E-state index contributed by atoms with van der Waals surface area (Å²) < 4.78 is -0.338. The fourth-order valence-electron chi connectivity index (χ4n) is 1.42. The third kappa shape index (κ3) is 2.87. The Hall–Kier alpha value is -0.260. The number of hydrogen-bond acceptors (Lipinski definition) is 4. The van der Waals surface area contributed by atoms with E-state index in [-0.39, 0.29) is 23.8 Å². The predicted octanol–water partition coefficient (Wildman–Crippen LogP) is -0.259. The van der Waals surface area contributed by atoms with E-state index in [0.29, 0.717) is 0 Å². The summed E-state index contributed by atoms with van der Waals surface area (Å²) in [7, 11) is 0. The van der Waals surface area contributed by atoms with Gasteiger partial charge in [0.05, 0.1) is 17.5 Å². The van der Waals surface area contributed by atoms with Crippen LogP contribution in [-0.2, 0) is 4.79 Å². The molecule has 1 heterocycles. The van der Waals surface area contributed by atoms with Crippen molar-refractivity contribution in [3.05, 3.63) is 0 Å². The van der Waals surface area contributed by atoms with Gasteiger partial charge in [0.1, 0.15) is 0 Å². The number of thioether (sulfide) groups is 1. The minimum atomic E-state index is -0.853. The van der Waals surface area contributed by atoms with Crippen LogP contribution in [0.3, 0.4) is 0 Å². The lowest BCUT2D eigenvalue weighted by Crippen LogP contribution is -2.44. The number of aliphatic hydroxyl groups excluding tert-OH is 2. The standard InChI is InChI=1S/C9H17NO3S/c1-9(3-2-4-14-9)8(13)10-5-7(12)6-11/h7,11-12H,2-6H2,1H3,(H,10,13). The lowest BCUT2D eigenvalue weighted by Gasteiger charge is -2.22. The SMILES string of the molecule is CC1(C(=O)NCC(O)CO)CCCS1. The van der Waals surface area contributed by atoms with Crippen LogP contribution in [0.15, 0.2) is 0 Å². The monoisotopic (exact) mass is 219 g/mol. The normalized spacial score (nSPS) is 28.8. The molecule has 3 N–H and O–H groups in total. The van der Waals surface area contributed by atoms with Crippen LogP contribution in [-0.4, -0.2) is 45.9 Å². The minimum Gasteiger partial charge on any atom is -0.394 e. The molecule has 1 saturated heterocycles. The number of carbonyl (C=O) groups excluding carboxylic acids is 1. The molecule has 2 unspecified atom stereocenters. The highest BCUT2D eigenvalue weighted by atomic mass is 32.2. The molecule has 0 radical (unpaired) electrons. The van der Waals surface area contributed by atoms with Crippen LogP contribution in [0.1, 0.15) is 19.8 Å². The van der Waals surface area contributed by atoms with Crippen molar-refractivity contribution >= 4 is 17.7 Å². The highest BCUT2D eigenvalue weighted by molar-refractivity contribution is 8.01. The van der Waals surface area contributed by atoms with Gasteiger partial charge in [0.2, 0.25) is 5.91 Å². The zero-order valence-corrected chi connectivity index (χ0v) is 9.14. The molecule has 0 aromatic carbocycles. The molecular formula is C9H17NO3S. The van der Waals surface area contributed by atoms with Crippen LogP contribution in [0.25, 0.3) is 0 Å². The Kier molecular flexibility index (Phi) is 4.22. The van der Waals surface area contributed by atoms with Crippen LogP contribution < -0.4 is 5.32 Å². The molecule has 2 atom stereocenters. The van der Waals surface area contributed by atoms with Gasteiger partial charge < -0.3 is 15.5 Å². The van der Waals surface area contributed by atoms with E-state index in [4.69, 9.17) is 10.2 Å². The molecule has 1 amide bonds. The zero-order chi connectivity index (χ0) is 10.6. The Morgan fingerprint density at radius 2 is 2.43 bits per heavy atom. The predicted molar refractivity (Wildman–Crippen MR) is 56.2 cm³/mol. The van der Waals surface area contributed by atoms with Crippen LogP contribution in [0.2, 0.25) is 0 Å². The Balaban J connectivity index is 2.34. The smallest absolute Gasteiger partial charge is 0.236 e. The van der Waals surface area contributed by atoms with Crippen molar-refractivity contribution in [2.75, 3.05) is 18.9 Å². The molecule has 1 fully saturated rings. The van der Waals surface area contributed by atoms with E-state index in [0.717, 1.165) is 18.6 Å². The molecule has 82 valence electrons.